The summed E-state index contributed by atoms with van der Waals surface area (Å²) in [5, 5.41) is 10.8. The maximum Gasteiger partial charge on any atom is 0.387 e. The quantitative estimate of drug-likeness (QED) is 0.745. The number of aromatic nitrogens is 5. The van der Waals surface area contributed by atoms with E-state index in [0.717, 1.165) is 12.1 Å². The largest absolute Gasteiger partial charge is 0.432 e. The van der Waals surface area contributed by atoms with E-state index in [1.165, 1.54) is 10.7 Å². The lowest BCUT2D eigenvalue weighted by molar-refractivity contribution is -0.0521. The number of rotatable bonds is 6. The molecule has 0 aliphatic rings. The molecule has 0 fully saturated rings. The fourth-order valence-corrected chi connectivity index (χ4v) is 1.89. The molecule has 0 aliphatic carbocycles. The van der Waals surface area contributed by atoms with Gasteiger partial charge < -0.3 is 10.1 Å². The summed E-state index contributed by atoms with van der Waals surface area (Å²) in [4.78, 5) is 8.00. The van der Waals surface area contributed by atoms with Crippen LogP contribution in [0.4, 0.5) is 19.1 Å². The van der Waals surface area contributed by atoms with Crippen LogP contribution in [0.1, 0.15) is 5.69 Å². The van der Waals surface area contributed by atoms with Crippen LogP contribution in [-0.2, 0) is 6.54 Å². The molecule has 0 unspecified atom stereocenters. The maximum atomic E-state index is 13.4. The molecular weight excluding hydrogens is 325 g/mol. The normalized spacial score (nSPS) is 10.8. The van der Waals surface area contributed by atoms with Crippen molar-refractivity contribution in [2.45, 2.75) is 13.2 Å². The SMILES string of the molecule is Fc1ccc(-n2cc(CNc3ncccn3)nn2)cc1OC(F)F. The van der Waals surface area contributed by atoms with E-state index in [1.54, 1.807) is 24.7 Å². The van der Waals surface area contributed by atoms with Crippen LogP contribution in [0.25, 0.3) is 5.69 Å². The molecule has 1 N–H and O–H groups in total. The van der Waals surface area contributed by atoms with E-state index >= 15 is 0 Å². The summed E-state index contributed by atoms with van der Waals surface area (Å²) in [6.07, 6.45) is 4.75. The molecule has 7 nitrogen and oxygen atoms in total. The van der Waals surface area contributed by atoms with Gasteiger partial charge in [0.15, 0.2) is 11.6 Å². The van der Waals surface area contributed by atoms with Crippen molar-refractivity contribution in [1.29, 1.82) is 0 Å². The third-order valence-corrected chi connectivity index (χ3v) is 2.93. The molecule has 2 heterocycles. The first-order valence-electron chi connectivity index (χ1n) is 6.78. The van der Waals surface area contributed by atoms with Crippen molar-refractivity contribution in [3.8, 4) is 11.4 Å². The summed E-state index contributed by atoms with van der Waals surface area (Å²) in [6, 6.07) is 5.20. The molecule has 0 saturated heterocycles. The highest BCUT2D eigenvalue weighted by Crippen LogP contribution is 2.22. The van der Waals surface area contributed by atoms with Gasteiger partial charge in [0.25, 0.3) is 0 Å². The van der Waals surface area contributed by atoms with E-state index in [-0.39, 0.29) is 0 Å². The van der Waals surface area contributed by atoms with Gasteiger partial charge in [0.05, 0.1) is 18.4 Å². The minimum atomic E-state index is -3.11. The highest BCUT2D eigenvalue weighted by Gasteiger charge is 2.12. The average Bonchev–Trinajstić information content (AvgIpc) is 3.04. The van der Waals surface area contributed by atoms with Crippen molar-refractivity contribution in [2.24, 2.45) is 0 Å². The molecule has 0 aliphatic heterocycles. The number of nitrogens with zero attached hydrogens (tertiary/aromatic N) is 5. The number of hydrogen-bond acceptors (Lipinski definition) is 6. The van der Waals surface area contributed by atoms with E-state index in [1.807, 2.05) is 0 Å². The molecule has 3 rings (SSSR count). The molecule has 124 valence electrons. The summed E-state index contributed by atoms with van der Waals surface area (Å²) in [5.74, 6) is -1.01. The molecule has 0 radical (unpaired) electrons. The topological polar surface area (TPSA) is 77.8 Å². The lowest BCUT2D eigenvalue weighted by atomic mass is 10.3. The number of hydrogen-bond donors (Lipinski definition) is 1. The Bertz CT molecular complexity index is 811. The van der Waals surface area contributed by atoms with Crippen LogP contribution >= 0.6 is 0 Å². The van der Waals surface area contributed by atoms with Crippen molar-refractivity contribution >= 4 is 5.95 Å². The summed E-state index contributed by atoms with van der Waals surface area (Å²) in [6.45, 7) is -2.80. The van der Waals surface area contributed by atoms with Crippen molar-refractivity contribution in [1.82, 2.24) is 25.0 Å². The third-order valence-electron chi connectivity index (χ3n) is 2.93. The van der Waals surface area contributed by atoms with E-state index in [2.05, 4.69) is 30.3 Å². The minimum Gasteiger partial charge on any atom is -0.432 e. The Balaban J connectivity index is 1.73. The van der Waals surface area contributed by atoms with Crippen LogP contribution in [0.5, 0.6) is 5.75 Å². The Hall–Kier alpha value is -3.17. The van der Waals surface area contributed by atoms with Gasteiger partial charge in [0.2, 0.25) is 5.95 Å². The Labute approximate surface area is 134 Å². The van der Waals surface area contributed by atoms with Crippen LogP contribution in [0.15, 0.2) is 42.9 Å². The van der Waals surface area contributed by atoms with Gasteiger partial charge in [-0.3, -0.25) is 0 Å². The predicted octanol–water partition coefficient (Wildman–Crippen LogP) is 2.41. The minimum absolute atomic E-state index is 0.311. The number of anilines is 1. The van der Waals surface area contributed by atoms with Gasteiger partial charge in [-0.15, -0.1) is 5.10 Å². The molecule has 2 aromatic heterocycles. The van der Waals surface area contributed by atoms with Crippen LogP contribution in [0.3, 0.4) is 0 Å². The van der Waals surface area contributed by atoms with Gasteiger partial charge in [-0.05, 0) is 18.2 Å². The fraction of sp³-hybridized carbons (Fsp3) is 0.143. The zero-order valence-corrected chi connectivity index (χ0v) is 12.1. The lowest BCUT2D eigenvalue weighted by Gasteiger charge is -2.07. The van der Waals surface area contributed by atoms with E-state index < -0.39 is 18.2 Å². The highest BCUT2D eigenvalue weighted by atomic mass is 19.3. The number of benzene rings is 1. The third kappa shape index (κ3) is 3.77. The molecule has 1 aromatic carbocycles. The van der Waals surface area contributed by atoms with Gasteiger partial charge in [-0.25, -0.2) is 19.0 Å². The smallest absolute Gasteiger partial charge is 0.387 e. The average molecular weight is 336 g/mol. The molecule has 24 heavy (non-hydrogen) atoms. The Morgan fingerprint density at radius 2 is 2.00 bits per heavy atom. The molecule has 10 heteroatoms. The van der Waals surface area contributed by atoms with Crippen LogP contribution in [-0.4, -0.2) is 31.6 Å². The molecule has 0 amide bonds. The van der Waals surface area contributed by atoms with Gasteiger partial charge in [-0.1, -0.05) is 5.21 Å². The Kier molecular flexibility index (Phi) is 4.54. The zero-order valence-electron chi connectivity index (χ0n) is 12.1. The van der Waals surface area contributed by atoms with Crippen molar-refractivity contribution in [3.05, 3.63) is 54.4 Å². The summed E-state index contributed by atoms with van der Waals surface area (Å²) >= 11 is 0. The second kappa shape index (κ2) is 6.94. The summed E-state index contributed by atoms with van der Waals surface area (Å²) in [5.41, 5.74) is 0.893. The van der Waals surface area contributed by atoms with Gasteiger partial charge in [-0.2, -0.15) is 8.78 Å². The van der Waals surface area contributed by atoms with Crippen molar-refractivity contribution in [3.63, 3.8) is 0 Å². The number of halogens is 3. The fourth-order valence-electron chi connectivity index (χ4n) is 1.89. The summed E-state index contributed by atoms with van der Waals surface area (Å²) < 4.78 is 43.4. The molecule has 0 atom stereocenters. The molecule has 0 bridgehead atoms. The maximum absolute atomic E-state index is 13.4. The van der Waals surface area contributed by atoms with E-state index in [0.29, 0.717) is 23.9 Å². The van der Waals surface area contributed by atoms with Crippen LogP contribution in [0.2, 0.25) is 0 Å². The zero-order chi connectivity index (χ0) is 16.9. The second-order valence-electron chi connectivity index (χ2n) is 4.57. The van der Waals surface area contributed by atoms with E-state index in [9.17, 15) is 13.2 Å². The predicted molar refractivity (Wildman–Crippen MR) is 77.3 cm³/mol. The highest BCUT2D eigenvalue weighted by molar-refractivity contribution is 5.39. The Morgan fingerprint density at radius 1 is 1.21 bits per heavy atom. The first-order valence-corrected chi connectivity index (χ1v) is 6.78. The first kappa shape index (κ1) is 15.7. The van der Waals surface area contributed by atoms with Crippen LogP contribution in [0, 0.1) is 5.82 Å². The standard InChI is InChI=1S/C14H11F3N6O/c15-11-3-2-10(6-12(11)24-13(16)17)23-8-9(21-22-23)7-20-14-18-4-1-5-19-14/h1-6,8,13H,7H2,(H,18,19,20). The van der Waals surface area contributed by atoms with Crippen molar-refractivity contribution in [2.75, 3.05) is 5.32 Å². The number of alkyl halides is 2. The second-order valence-corrected chi connectivity index (χ2v) is 4.57. The van der Waals surface area contributed by atoms with Gasteiger partial charge in [0, 0.05) is 18.5 Å². The molecular formula is C14H11F3N6O. The molecule has 0 saturated carbocycles. The van der Waals surface area contributed by atoms with Crippen LogP contribution < -0.4 is 10.1 Å². The van der Waals surface area contributed by atoms with Gasteiger partial charge in [0.1, 0.15) is 5.69 Å². The molecule has 0 spiro atoms. The number of nitrogens with one attached hydrogen (secondary N) is 1. The Morgan fingerprint density at radius 3 is 2.75 bits per heavy atom. The lowest BCUT2D eigenvalue weighted by Crippen LogP contribution is -2.05. The van der Waals surface area contributed by atoms with Crippen molar-refractivity contribution < 1.29 is 17.9 Å². The molecule has 3 aromatic rings. The summed E-state index contributed by atoms with van der Waals surface area (Å²) in [7, 11) is 0. The van der Waals surface area contributed by atoms with E-state index in [4.69, 9.17) is 0 Å². The first-order chi connectivity index (χ1) is 11.6. The van der Waals surface area contributed by atoms with Gasteiger partial charge >= 0.3 is 6.61 Å². The number of ether oxygens (including phenoxy) is 1. The monoisotopic (exact) mass is 336 g/mol.